The summed E-state index contributed by atoms with van der Waals surface area (Å²) in [6, 6.07) is 21.1. The molecular formula is C22H19N3O3S. The van der Waals surface area contributed by atoms with Crippen LogP contribution >= 0.6 is 0 Å². The molecule has 3 aromatic carbocycles. The molecule has 4 rings (SSSR count). The van der Waals surface area contributed by atoms with Gasteiger partial charge in [0.25, 0.3) is 15.9 Å². The van der Waals surface area contributed by atoms with Crippen LogP contribution in [0.2, 0.25) is 0 Å². The summed E-state index contributed by atoms with van der Waals surface area (Å²) >= 11 is 0. The van der Waals surface area contributed by atoms with E-state index in [0.717, 1.165) is 11.1 Å². The summed E-state index contributed by atoms with van der Waals surface area (Å²) < 4.78 is 34.3. The van der Waals surface area contributed by atoms with Crippen molar-refractivity contribution in [1.29, 1.82) is 0 Å². The molecule has 4 aromatic rings. The summed E-state index contributed by atoms with van der Waals surface area (Å²) in [7, 11) is -3.85. The topological polar surface area (TPSA) is 81.2 Å². The van der Waals surface area contributed by atoms with Crippen molar-refractivity contribution in [2.45, 2.75) is 18.7 Å². The van der Waals surface area contributed by atoms with Crippen LogP contribution in [0.5, 0.6) is 11.6 Å². The third-order valence-electron chi connectivity index (χ3n) is 4.43. The van der Waals surface area contributed by atoms with Gasteiger partial charge in [-0.3, -0.25) is 4.72 Å². The lowest BCUT2D eigenvalue weighted by atomic mass is 10.1. The Morgan fingerprint density at radius 1 is 0.759 bits per heavy atom. The van der Waals surface area contributed by atoms with Crippen molar-refractivity contribution >= 4 is 26.9 Å². The number of aryl methyl sites for hydroxylation is 2. The Morgan fingerprint density at radius 2 is 1.34 bits per heavy atom. The van der Waals surface area contributed by atoms with Crippen molar-refractivity contribution in [3.63, 3.8) is 0 Å². The summed E-state index contributed by atoms with van der Waals surface area (Å²) in [5, 5.41) is 0. The molecular weight excluding hydrogens is 386 g/mol. The Bertz CT molecular complexity index is 1270. The molecule has 0 atom stereocenters. The fraction of sp³-hybridized carbons (Fsp3) is 0.0909. The van der Waals surface area contributed by atoms with Gasteiger partial charge in [-0.05, 0) is 49.2 Å². The lowest BCUT2D eigenvalue weighted by molar-refractivity contribution is 0.458. The minimum Gasteiger partial charge on any atom is -0.435 e. The first-order valence-corrected chi connectivity index (χ1v) is 10.5. The maximum atomic E-state index is 12.8. The summed E-state index contributed by atoms with van der Waals surface area (Å²) in [6.45, 7) is 3.84. The van der Waals surface area contributed by atoms with Gasteiger partial charge in [-0.15, -0.1) is 0 Å². The van der Waals surface area contributed by atoms with Crippen LogP contribution in [0.25, 0.3) is 11.0 Å². The zero-order chi connectivity index (χ0) is 20.4. The smallest absolute Gasteiger partial charge is 0.264 e. The van der Waals surface area contributed by atoms with Crippen LogP contribution in [-0.4, -0.2) is 18.4 Å². The summed E-state index contributed by atoms with van der Waals surface area (Å²) in [5.74, 6) is 0.757. The zero-order valence-corrected chi connectivity index (χ0v) is 16.8. The standard InChI is InChI=1S/C22H19N3O3S/c1-15-9-8-10-16(2)20(15)28-22-21(23-18-13-6-7-14-19(18)24-22)25-29(26,27)17-11-4-3-5-12-17/h3-14H,1-2H3,(H,23,25). The highest BCUT2D eigenvalue weighted by molar-refractivity contribution is 7.92. The van der Waals surface area contributed by atoms with E-state index in [1.54, 1.807) is 30.3 Å². The van der Waals surface area contributed by atoms with Gasteiger partial charge in [0, 0.05) is 0 Å². The normalized spacial score (nSPS) is 11.4. The summed E-state index contributed by atoms with van der Waals surface area (Å²) in [4.78, 5) is 9.11. The number of aromatic nitrogens is 2. The molecule has 1 aromatic heterocycles. The Balaban J connectivity index is 1.83. The molecule has 146 valence electrons. The number of anilines is 1. The predicted molar refractivity (Wildman–Crippen MR) is 113 cm³/mol. The number of nitrogens with zero attached hydrogens (tertiary/aromatic N) is 2. The quantitative estimate of drug-likeness (QED) is 0.514. The Morgan fingerprint density at radius 3 is 2.00 bits per heavy atom. The first-order chi connectivity index (χ1) is 13.9. The largest absolute Gasteiger partial charge is 0.435 e. The first-order valence-electron chi connectivity index (χ1n) is 9.03. The Kier molecular flexibility index (Phi) is 4.90. The van der Waals surface area contributed by atoms with E-state index in [1.807, 2.05) is 44.2 Å². The van der Waals surface area contributed by atoms with E-state index < -0.39 is 10.0 Å². The number of hydrogen-bond donors (Lipinski definition) is 1. The molecule has 0 unspecified atom stereocenters. The fourth-order valence-electron chi connectivity index (χ4n) is 2.96. The van der Waals surface area contributed by atoms with Crippen LogP contribution in [0.15, 0.2) is 77.7 Å². The number of fused-ring (bicyclic) bond motifs is 1. The van der Waals surface area contributed by atoms with Gasteiger partial charge in [0.05, 0.1) is 15.9 Å². The van der Waals surface area contributed by atoms with Crippen LogP contribution in [0.4, 0.5) is 5.82 Å². The van der Waals surface area contributed by atoms with Gasteiger partial charge in [-0.25, -0.2) is 18.4 Å². The molecule has 0 fully saturated rings. The molecule has 7 heteroatoms. The average Bonchev–Trinajstić information content (AvgIpc) is 2.71. The average molecular weight is 405 g/mol. The second-order valence-electron chi connectivity index (χ2n) is 6.61. The van der Waals surface area contributed by atoms with Crippen molar-refractivity contribution in [2.24, 2.45) is 0 Å². The lowest BCUT2D eigenvalue weighted by Gasteiger charge is -2.15. The molecule has 0 radical (unpaired) electrons. The number of nitrogens with one attached hydrogen (secondary N) is 1. The highest BCUT2D eigenvalue weighted by Gasteiger charge is 2.20. The van der Waals surface area contributed by atoms with E-state index in [2.05, 4.69) is 14.7 Å². The second kappa shape index (κ2) is 7.52. The summed E-state index contributed by atoms with van der Waals surface area (Å²) in [6.07, 6.45) is 0. The predicted octanol–water partition coefficient (Wildman–Crippen LogP) is 4.84. The lowest BCUT2D eigenvalue weighted by Crippen LogP contribution is -2.15. The maximum absolute atomic E-state index is 12.8. The highest BCUT2D eigenvalue weighted by atomic mass is 32.2. The van der Waals surface area contributed by atoms with Gasteiger partial charge in [-0.2, -0.15) is 0 Å². The third-order valence-corrected chi connectivity index (χ3v) is 5.79. The minimum atomic E-state index is -3.85. The molecule has 0 spiro atoms. The van der Waals surface area contributed by atoms with Gasteiger partial charge in [-0.1, -0.05) is 48.5 Å². The van der Waals surface area contributed by atoms with Crippen molar-refractivity contribution in [3.8, 4) is 11.6 Å². The van der Waals surface area contributed by atoms with E-state index in [4.69, 9.17) is 4.74 Å². The van der Waals surface area contributed by atoms with Crippen molar-refractivity contribution in [3.05, 3.63) is 83.9 Å². The zero-order valence-electron chi connectivity index (χ0n) is 16.0. The van der Waals surface area contributed by atoms with Crippen molar-refractivity contribution in [1.82, 2.24) is 9.97 Å². The maximum Gasteiger partial charge on any atom is 0.264 e. The molecule has 29 heavy (non-hydrogen) atoms. The SMILES string of the molecule is Cc1cccc(C)c1Oc1nc2ccccc2nc1NS(=O)(=O)c1ccccc1. The van der Waals surface area contributed by atoms with E-state index in [-0.39, 0.29) is 16.6 Å². The number of para-hydroxylation sites is 3. The fourth-order valence-corrected chi connectivity index (χ4v) is 3.98. The molecule has 0 aliphatic heterocycles. The highest BCUT2D eigenvalue weighted by Crippen LogP contribution is 2.33. The Labute approximate surface area is 169 Å². The molecule has 1 heterocycles. The monoisotopic (exact) mass is 405 g/mol. The number of benzene rings is 3. The van der Waals surface area contributed by atoms with Crippen molar-refractivity contribution < 1.29 is 13.2 Å². The molecule has 6 nitrogen and oxygen atoms in total. The minimum absolute atomic E-state index is 0.0372. The molecule has 0 aliphatic carbocycles. The molecule has 0 aliphatic rings. The number of rotatable bonds is 5. The van der Waals surface area contributed by atoms with Gasteiger partial charge in [0.2, 0.25) is 5.82 Å². The number of ether oxygens (including phenoxy) is 1. The number of hydrogen-bond acceptors (Lipinski definition) is 5. The van der Waals surface area contributed by atoms with Crippen LogP contribution in [0.3, 0.4) is 0 Å². The van der Waals surface area contributed by atoms with E-state index in [1.165, 1.54) is 12.1 Å². The third kappa shape index (κ3) is 3.90. The van der Waals surface area contributed by atoms with Crippen LogP contribution < -0.4 is 9.46 Å². The summed E-state index contributed by atoms with van der Waals surface area (Å²) in [5.41, 5.74) is 3.00. The van der Waals surface area contributed by atoms with E-state index in [9.17, 15) is 8.42 Å². The van der Waals surface area contributed by atoms with E-state index in [0.29, 0.717) is 16.8 Å². The first kappa shape index (κ1) is 18.9. The van der Waals surface area contributed by atoms with Crippen LogP contribution in [-0.2, 0) is 10.0 Å². The van der Waals surface area contributed by atoms with Gasteiger partial charge in [0.1, 0.15) is 5.75 Å². The molecule has 0 saturated carbocycles. The Hall–Kier alpha value is -3.45. The second-order valence-corrected chi connectivity index (χ2v) is 8.29. The molecule has 0 saturated heterocycles. The van der Waals surface area contributed by atoms with E-state index >= 15 is 0 Å². The molecule has 0 amide bonds. The van der Waals surface area contributed by atoms with Crippen LogP contribution in [0, 0.1) is 13.8 Å². The van der Waals surface area contributed by atoms with Gasteiger partial charge < -0.3 is 4.74 Å². The number of sulfonamides is 1. The van der Waals surface area contributed by atoms with Gasteiger partial charge >= 0.3 is 0 Å². The molecule has 0 bridgehead atoms. The molecule has 1 N–H and O–H groups in total. The van der Waals surface area contributed by atoms with Crippen LogP contribution in [0.1, 0.15) is 11.1 Å². The van der Waals surface area contributed by atoms with Gasteiger partial charge in [0.15, 0.2) is 0 Å². The van der Waals surface area contributed by atoms with Crippen molar-refractivity contribution in [2.75, 3.05) is 4.72 Å².